The lowest BCUT2D eigenvalue weighted by molar-refractivity contribution is 0.0950. The smallest absolute Gasteiger partial charge is 0.267 e. The number of rotatable bonds is 9. The molecule has 0 bridgehead atoms. The van der Waals surface area contributed by atoms with Crippen LogP contribution in [0.1, 0.15) is 60.5 Å². The highest BCUT2D eigenvalue weighted by atomic mass is 16.1. The lowest BCUT2D eigenvalue weighted by Gasteiger charge is -2.15. The maximum Gasteiger partial charge on any atom is 0.267 e. The van der Waals surface area contributed by atoms with Crippen LogP contribution in [0, 0.1) is 12.3 Å². The predicted octanol–water partition coefficient (Wildman–Crippen LogP) is 3.58. The number of hydrogen-bond acceptors (Lipinski definition) is 5. The molecule has 0 atom stereocenters. The number of carbonyl (C=O) groups is 1. The van der Waals surface area contributed by atoms with Crippen LogP contribution in [0.25, 0.3) is 16.7 Å². The second kappa shape index (κ2) is 10.4. The molecule has 0 saturated carbocycles. The van der Waals surface area contributed by atoms with E-state index in [0.29, 0.717) is 23.2 Å². The maximum absolute atomic E-state index is 13.4. The van der Waals surface area contributed by atoms with Crippen molar-refractivity contribution >= 4 is 22.6 Å². The van der Waals surface area contributed by atoms with Crippen LogP contribution in [0.3, 0.4) is 0 Å². The van der Waals surface area contributed by atoms with E-state index < -0.39 is 0 Å². The van der Waals surface area contributed by atoms with Crippen LogP contribution >= 0.6 is 0 Å². The Morgan fingerprint density at radius 3 is 2.71 bits per heavy atom. The summed E-state index contributed by atoms with van der Waals surface area (Å²) in [7, 11) is 0. The third-order valence-electron chi connectivity index (χ3n) is 6.01. The molecule has 0 radical (unpaired) electrons. The van der Waals surface area contributed by atoms with Crippen LogP contribution in [-0.2, 0) is 6.54 Å². The molecule has 4 aromatic rings. The summed E-state index contributed by atoms with van der Waals surface area (Å²) < 4.78 is 3.11. The van der Waals surface area contributed by atoms with Gasteiger partial charge < -0.3 is 9.88 Å². The standard InChI is InChI=1S/C26H30N6O2/c1-3-4-5-6-7-13-29-25(33)20-15-21-24(30-23-18(2)10-9-14-31(23)26(21)34)32(22(20)27)17-19-11-8-12-28-16-19/h8-12,14-16,27H,3-7,13,17H2,1-2H3,(H,29,33). The van der Waals surface area contributed by atoms with Crippen LogP contribution < -0.4 is 16.4 Å². The zero-order valence-corrected chi connectivity index (χ0v) is 19.7. The zero-order valence-electron chi connectivity index (χ0n) is 19.7. The van der Waals surface area contributed by atoms with E-state index in [-0.39, 0.29) is 29.1 Å². The Kier molecular flexibility index (Phi) is 7.15. The first-order valence-electron chi connectivity index (χ1n) is 11.8. The van der Waals surface area contributed by atoms with Gasteiger partial charge in [0.25, 0.3) is 11.5 Å². The van der Waals surface area contributed by atoms with Gasteiger partial charge in [-0.05, 0) is 42.7 Å². The van der Waals surface area contributed by atoms with Crippen molar-refractivity contribution in [1.29, 1.82) is 5.41 Å². The SMILES string of the molecule is CCCCCCCNC(=O)c1cc2c(=O)n3cccc(C)c3nc2n(Cc2cccnc2)c1=N. The minimum Gasteiger partial charge on any atom is -0.352 e. The Bertz CT molecular complexity index is 1440. The number of pyridine rings is 3. The molecule has 0 fully saturated rings. The fraction of sp³-hybridized carbons (Fsp3) is 0.346. The Morgan fingerprint density at radius 1 is 1.12 bits per heavy atom. The van der Waals surface area contributed by atoms with Crippen molar-refractivity contribution in [3.63, 3.8) is 0 Å². The van der Waals surface area contributed by atoms with Crippen molar-refractivity contribution in [3.8, 4) is 0 Å². The van der Waals surface area contributed by atoms with Gasteiger partial charge >= 0.3 is 0 Å². The normalized spacial score (nSPS) is 11.2. The Hall–Kier alpha value is -3.81. The number of fused-ring (bicyclic) bond motifs is 2. The minimum absolute atomic E-state index is 0.0182. The molecule has 0 unspecified atom stereocenters. The van der Waals surface area contributed by atoms with Crippen LogP contribution in [0.2, 0.25) is 0 Å². The summed E-state index contributed by atoms with van der Waals surface area (Å²) in [5.74, 6) is -0.351. The van der Waals surface area contributed by atoms with Gasteiger partial charge in [-0.1, -0.05) is 44.7 Å². The van der Waals surface area contributed by atoms with E-state index in [1.165, 1.54) is 23.3 Å². The molecule has 0 aromatic carbocycles. The van der Waals surface area contributed by atoms with Crippen LogP contribution in [0.4, 0.5) is 0 Å². The van der Waals surface area contributed by atoms with E-state index in [2.05, 4.69) is 17.2 Å². The number of hydrogen-bond donors (Lipinski definition) is 2. The second-order valence-corrected chi connectivity index (χ2v) is 8.56. The van der Waals surface area contributed by atoms with Crippen molar-refractivity contribution < 1.29 is 4.79 Å². The predicted molar refractivity (Wildman–Crippen MR) is 132 cm³/mol. The molecule has 0 aliphatic carbocycles. The Morgan fingerprint density at radius 2 is 1.94 bits per heavy atom. The van der Waals surface area contributed by atoms with Gasteiger partial charge in [-0.25, -0.2) is 4.98 Å². The molecule has 1 amide bonds. The lowest BCUT2D eigenvalue weighted by atomic mass is 10.1. The average molecular weight is 459 g/mol. The Balaban J connectivity index is 1.80. The van der Waals surface area contributed by atoms with Gasteiger partial charge in [0.15, 0.2) is 0 Å². The second-order valence-electron chi connectivity index (χ2n) is 8.56. The molecular formula is C26H30N6O2. The largest absolute Gasteiger partial charge is 0.352 e. The summed E-state index contributed by atoms with van der Waals surface area (Å²) in [4.78, 5) is 35.4. The number of carbonyl (C=O) groups excluding carboxylic acids is 1. The number of amides is 1. The van der Waals surface area contributed by atoms with Crippen LogP contribution in [-0.4, -0.2) is 31.4 Å². The highest BCUT2D eigenvalue weighted by molar-refractivity contribution is 5.96. The van der Waals surface area contributed by atoms with E-state index in [1.807, 2.05) is 25.1 Å². The Labute approximate surface area is 197 Å². The number of unbranched alkanes of at least 4 members (excludes halogenated alkanes) is 4. The first-order valence-corrected chi connectivity index (χ1v) is 11.8. The molecule has 34 heavy (non-hydrogen) atoms. The fourth-order valence-corrected chi connectivity index (χ4v) is 4.12. The number of aryl methyl sites for hydroxylation is 1. The van der Waals surface area contributed by atoms with Crippen molar-refractivity contribution in [2.45, 2.75) is 52.5 Å². The lowest BCUT2D eigenvalue weighted by Crippen LogP contribution is -2.35. The van der Waals surface area contributed by atoms with Gasteiger partial charge in [0.05, 0.1) is 17.5 Å². The average Bonchev–Trinajstić information content (AvgIpc) is 2.84. The van der Waals surface area contributed by atoms with Gasteiger partial charge in [0.2, 0.25) is 0 Å². The molecule has 2 N–H and O–H groups in total. The van der Waals surface area contributed by atoms with E-state index >= 15 is 0 Å². The summed E-state index contributed by atoms with van der Waals surface area (Å²) in [6, 6.07) is 8.91. The third-order valence-corrected chi connectivity index (χ3v) is 6.01. The van der Waals surface area contributed by atoms with E-state index in [9.17, 15) is 9.59 Å². The van der Waals surface area contributed by atoms with Gasteiger partial charge in [0.1, 0.15) is 16.8 Å². The first-order chi connectivity index (χ1) is 16.5. The van der Waals surface area contributed by atoms with E-state index in [4.69, 9.17) is 10.4 Å². The molecule has 8 nitrogen and oxygen atoms in total. The molecule has 4 heterocycles. The van der Waals surface area contributed by atoms with Crippen molar-refractivity contribution in [2.75, 3.05) is 6.54 Å². The van der Waals surface area contributed by atoms with Crippen molar-refractivity contribution in [1.82, 2.24) is 24.3 Å². The van der Waals surface area contributed by atoms with Gasteiger partial charge in [-0.3, -0.25) is 24.4 Å². The zero-order chi connectivity index (χ0) is 24.1. The summed E-state index contributed by atoms with van der Waals surface area (Å²) >= 11 is 0. The fourth-order valence-electron chi connectivity index (χ4n) is 4.12. The van der Waals surface area contributed by atoms with Gasteiger partial charge in [-0.15, -0.1) is 0 Å². The first kappa shape index (κ1) is 23.4. The highest BCUT2D eigenvalue weighted by Gasteiger charge is 2.18. The summed E-state index contributed by atoms with van der Waals surface area (Å²) in [5, 5.41) is 12.1. The molecule has 8 heteroatoms. The van der Waals surface area contributed by atoms with Crippen LogP contribution in [0.15, 0.2) is 53.7 Å². The van der Waals surface area contributed by atoms with Gasteiger partial charge in [0, 0.05) is 25.1 Å². The summed E-state index contributed by atoms with van der Waals surface area (Å²) in [6.07, 6.45) is 10.5. The minimum atomic E-state index is -0.351. The third kappa shape index (κ3) is 4.76. The molecule has 0 aliphatic rings. The molecule has 0 spiro atoms. The summed E-state index contributed by atoms with van der Waals surface area (Å²) in [5.41, 5.74) is 2.53. The highest BCUT2D eigenvalue weighted by Crippen LogP contribution is 2.14. The monoisotopic (exact) mass is 458 g/mol. The quantitative estimate of drug-likeness (QED) is 0.295. The number of nitrogens with one attached hydrogen (secondary N) is 2. The van der Waals surface area contributed by atoms with E-state index in [1.54, 1.807) is 29.2 Å². The molecular weight excluding hydrogens is 428 g/mol. The summed E-state index contributed by atoms with van der Waals surface area (Å²) in [6.45, 7) is 4.87. The van der Waals surface area contributed by atoms with Crippen LogP contribution in [0.5, 0.6) is 0 Å². The molecule has 0 aliphatic heterocycles. The molecule has 176 valence electrons. The molecule has 0 saturated heterocycles. The van der Waals surface area contributed by atoms with Crippen molar-refractivity contribution in [2.24, 2.45) is 0 Å². The van der Waals surface area contributed by atoms with Crippen molar-refractivity contribution in [3.05, 3.63) is 81.5 Å². The topological polar surface area (TPSA) is 105 Å². The van der Waals surface area contributed by atoms with Gasteiger partial charge in [-0.2, -0.15) is 0 Å². The number of aromatic nitrogens is 4. The molecule has 4 rings (SSSR count). The molecule has 4 aromatic heterocycles. The maximum atomic E-state index is 13.4. The number of nitrogens with zero attached hydrogens (tertiary/aromatic N) is 4. The van der Waals surface area contributed by atoms with E-state index in [0.717, 1.165) is 30.4 Å².